The van der Waals surface area contributed by atoms with Gasteiger partial charge < -0.3 is 20.3 Å². The highest BCUT2D eigenvalue weighted by Crippen LogP contribution is 2.33. The molecule has 100 valence electrons. The summed E-state index contributed by atoms with van der Waals surface area (Å²) < 4.78 is 10.2. The van der Waals surface area contributed by atoms with E-state index in [9.17, 15) is 5.11 Å². The fourth-order valence-electron chi connectivity index (χ4n) is 1.94. The summed E-state index contributed by atoms with van der Waals surface area (Å²) in [4.78, 5) is 0. The SMILES string of the molecule is COc1ccc(C(O)c2cccc(OC)c2N)cc1. The minimum absolute atomic E-state index is 0.452. The molecule has 0 bridgehead atoms. The third kappa shape index (κ3) is 2.63. The molecule has 2 aromatic carbocycles. The van der Waals surface area contributed by atoms with Crippen molar-refractivity contribution in [1.29, 1.82) is 0 Å². The van der Waals surface area contributed by atoms with Crippen molar-refractivity contribution in [3.05, 3.63) is 53.6 Å². The molecule has 1 atom stereocenters. The van der Waals surface area contributed by atoms with Crippen molar-refractivity contribution >= 4 is 5.69 Å². The van der Waals surface area contributed by atoms with Crippen LogP contribution in [0.4, 0.5) is 5.69 Å². The Bertz CT molecular complexity index is 552. The highest BCUT2D eigenvalue weighted by atomic mass is 16.5. The minimum Gasteiger partial charge on any atom is -0.497 e. The molecule has 1 unspecified atom stereocenters. The van der Waals surface area contributed by atoms with E-state index in [1.165, 1.54) is 0 Å². The van der Waals surface area contributed by atoms with Crippen LogP contribution in [-0.2, 0) is 0 Å². The van der Waals surface area contributed by atoms with Gasteiger partial charge in [-0.15, -0.1) is 0 Å². The number of methoxy groups -OCH3 is 2. The molecule has 0 aliphatic rings. The van der Waals surface area contributed by atoms with Crippen LogP contribution in [0.5, 0.6) is 11.5 Å². The van der Waals surface area contributed by atoms with Crippen LogP contribution in [0.1, 0.15) is 17.2 Å². The summed E-state index contributed by atoms with van der Waals surface area (Å²) >= 11 is 0. The summed E-state index contributed by atoms with van der Waals surface area (Å²) in [6.07, 6.45) is -0.791. The molecule has 0 saturated carbocycles. The van der Waals surface area contributed by atoms with Crippen LogP contribution in [0.2, 0.25) is 0 Å². The molecule has 0 aliphatic heterocycles. The second kappa shape index (κ2) is 5.63. The molecule has 0 amide bonds. The van der Waals surface area contributed by atoms with Crippen LogP contribution in [0.25, 0.3) is 0 Å². The van der Waals surface area contributed by atoms with Crippen molar-refractivity contribution in [1.82, 2.24) is 0 Å². The van der Waals surface area contributed by atoms with Crippen molar-refractivity contribution < 1.29 is 14.6 Å². The van der Waals surface area contributed by atoms with Crippen LogP contribution in [0, 0.1) is 0 Å². The fraction of sp³-hybridized carbons (Fsp3) is 0.200. The Hall–Kier alpha value is -2.20. The predicted molar refractivity (Wildman–Crippen MR) is 74.5 cm³/mol. The molecule has 0 aromatic heterocycles. The first-order chi connectivity index (χ1) is 9.17. The van der Waals surface area contributed by atoms with Crippen LogP contribution < -0.4 is 15.2 Å². The maximum atomic E-state index is 10.4. The van der Waals surface area contributed by atoms with Gasteiger partial charge in [-0.3, -0.25) is 0 Å². The molecule has 4 nitrogen and oxygen atoms in total. The topological polar surface area (TPSA) is 64.7 Å². The number of anilines is 1. The molecule has 0 spiro atoms. The zero-order chi connectivity index (χ0) is 13.8. The largest absolute Gasteiger partial charge is 0.497 e. The molecule has 3 N–H and O–H groups in total. The predicted octanol–water partition coefficient (Wildman–Crippen LogP) is 2.37. The van der Waals surface area contributed by atoms with E-state index >= 15 is 0 Å². The van der Waals surface area contributed by atoms with Gasteiger partial charge in [-0.25, -0.2) is 0 Å². The Morgan fingerprint density at radius 1 is 1.00 bits per heavy atom. The number of rotatable bonds is 4. The normalized spacial score (nSPS) is 11.9. The quantitative estimate of drug-likeness (QED) is 0.827. The fourth-order valence-corrected chi connectivity index (χ4v) is 1.94. The van der Waals surface area contributed by atoms with Gasteiger partial charge in [0.2, 0.25) is 0 Å². The Morgan fingerprint density at radius 3 is 2.26 bits per heavy atom. The average molecular weight is 259 g/mol. The van der Waals surface area contributed by atoms with Gasteiger partial charge in [-0.05, 0) is 23.8 Å². The van der Waals surface area contributed by atoms with Crippen molar-refractivity contribution in [2.45, 2.75) is 6.10 Å². The lowest BCUT2D eigenvalue weighted by Gasteiger charge is -2.16. The molecular formula is C15H17NO3. The summed E-state index contributed by atoms with van der Waals surface area (Å²) in [6, 6.07) is 12.6. The number of nitrogen functional groups attached to an aromatic ring is 1. The van der Waals surface area contributed by atoms with Crippen LogP contribution in [-0.4, -0.2) is 19.3 Å². The summed E-state index contributed by atoms with van der Waals surface area (Å²) in [5.41, 5.74) is 7.81. The smallest absolute Gasteiger partial charge is 0.142 e. The first-order valence-corrected chi connectivity index (χ1v) is 5.91. The lowest BCUT2D eigenvalue weighted by atomic mass is 9.99. The monoisotopic (exact) mass is 259 g/mol. The third-order valence-corrected chi connectivity index (χ3v) is 3.05. The first-order valence-electron chi connectivity index (χ1n) is 5.91. The second-order valence-electron chi connectivity index (χ2n) is 4.14. The zero-order valence-electron chi connectivity index (χ0n) is 11.0. The summed E-state index contributed by atoms with van der Waals surface area (Å²) in [5, 5.41) is 10.4. The average Bonchev–Trinajstić information content (AvgIpc) is 2.47. The first kappa shape index (κ1) is 13.2. The van der Waals surface area contributed by atoms with Crippen LogP contribution >= 0.6 is 0 Å². The van der Waals surface area contributed by atoms with Crippen molar-refractivity contribution in [3.63, 3.8) is 0 Å². The molecule has 2 aromatic rings. The Balaban J connectivity index is 2.35. The number of ether oxygens (including phenoxy) is 2. The van der Waals surface area contributed by atoms with E-state index in [0.29, 0.717) is 17.0 Å². The number of para-hydroxylation sites is 1. The van der Waals surface area contributed by atoms with Gasteiger partial charge in [0.25, 0.3) is 0 Å². The Morgan fingerprint density at radius 2 is 1.68 bits per heavy atom. The summed E-state index contributed by atoms with van der Waals surface area (Å²) in [7, 11) is 3.15. The van der Waals surface area contributed by atoms with E-state index in [1.807, 2.05) is 12.1 Å². The van der Waals surface area contributed by atoms with E-state index in [4.69, 9.17) is 15.2 Å². The lowest BCUT2D eigenvalue weighted by Crippen LogP contribution is -2.05. The number of hydrogen-bond acceptors (Lipinski definition) is 4. The molecule has 0 heterocycles. The standard InChI is InChI=1S/C15H17NO3/c1-18-11-8-6-10(7-9-11)15(17)12-4-3-5-13(19-2)14(12)16/h3-9,15,17H,16H2,1-2H3. The molecule has 19 heavy (non-hydrogen) atoms. The number of aliphatic hydroxyl groups is 1. The second-order valence-corrected chi connectivity index (χ2v) is 4.14. The molecular weight excluding hydrogens is 242 g/mol. The molecule has 4 heteroatoms. The van der Waals surface area contributed by atoms with Crippen molar-refractivity contribution in [2.75, 3.05) is 20.0 Å². The zero-order valence-corrected chi connectivity index (χ0v) is 11.0. The van der Waals surface area contributed by atoms with Gasteiger partial charge in [0.1, 0.15) is 17.6 Å². The van der Waals surface area contributed by atoms with Crippen molar-refractivity contribution in [3.8, 4) is 11.5 Å². The Kier molecular flexibility index (Phi) is 3.92. The molecule has 0 radical (unpaired) electrons. The van der Waals surface area contributed by atoms with E-state index in [2.05, 4.69) is 0 Å². The lowest BCUT2D eigenvalue weighted by molar-refractivity contribution is 0.220. The number of hydrogen-bond donors (Lipinski definition) is 2. The number of aliphatic hydroxyl groups excluding tert-OH is 1. The van der Waals surface area contributed by atoms with Gasteiger partial charge in [-0.1, -0.05) is 24.3 Å². The highest BCUT2D eigenvalue weighted by molar-refractivity contribution is 5.60. The maximum absolute atomic E-state index is 10.4. The third-order valence-electron chi connectivity index (χ3n) is 3.05. The van der Waals surface area contributed by atoms with E-state index < -0.39 is 6.10 Å². The van der Waals surface area contributed by atoms with Gasteiger partial charge >= 0.3 is 0 Å². The molecule has 0 saturated heterocycles. The van der Waals surface area contributed by atoms with Gasteiger partial charge in [0.15, 0.2) is 0 Å². The van der Waals surface area contributed by atoms with Crippen molar-refractivity contribution in [2.24, 2.45) is 0 Å². The van der Waals surface area contributed by atoms with Gasteiger partial charge in [-0.2, -0.15) is 0 Å². The van der Waals surface area contributed by atoms with E-state index in [-0.39, 0.29) is 0 Å². The van der Waals surface area contributed by atoms with Gasteiger partial charge in [0, 0.05) is 5.56 Å². The van der Waals surface area contributed by atoms with E-state index in [1.54, 1.807) is 44.6 Å². The van der Waals surface area contributed by atoms with E-state index in [0.717, 1.165) is 11.3 Å². The molecule has 0 aliphatic carbocycles. The number of nitrogens with two attached hydrogens (primary N) is 1. The maximum Gasteiger partial charge on any atom is 0.142 e. The minimum atomic E-state index is -0.791. The molecule has 2 rings (SSSR count). The Labute approximate surface area is 112 Å². The van der Waals surface area contributed by atoms with Crippen LogP contribution in [0.3, 0.4) is 0 Å². The number of benzene rings is 2. The molecule has 0 fully saturated rings. The van der Waals surface area contributed by atoms with Gasteiger partial charge in [0.05, 0.1) is 19.9 Å². The highest BCUT2D eigenvalue weighted by Gasteiger charge is 2.15. The summed E-state index contributed by atoms with van der Waals surface area (Å²) in [6.45, 7) is 0. The van der Waals surface area contributed by atoms with Crippen LogP contribution in [0.15, 0.2) is 42.5 Å². The summed E-state index contributed by atoms with van der Waals surface area (Å²) in [5.74, 6) is 1.31.